The van der Waals surface area contributed by atoms with E-state index in [9.17, 15) is 4.79 Å². The molecular weight excluding hydrogens is 817 g/mol. The first-order chi connectivity index (χ1) is 30.8. The largest absolute Gasteiger partial charge is 0.462 e. The van der Waals surface area contributed by atoms with Crippen LogP contribution >= 0.6 is 0 Å². The van der Waals surface area contributed by atoms with Crippen molar-refractivity contribution in [3.8, 4) is 0 Å². The number of cyclic esters (lactones) is 1. The van der Waals surface area contributed by atoms with Crippen LogP contribution < -0.4 is 0 Å². The fourth-order valence-electron chi connectivity index (χ4n) is 13.1. The Morgan fingerprint density at radius 1 is 0.797 bits per heavy atom. The lowest BCUT2D eigenvalue weighted by Gasteiger charge is -2.45. The number of allylic oxidation sites excluding steroid dienone is 4. The van der Waals surface area contributed by atoms with E-state index in [2.05, 4.69) is 42.9 Å². The van der Waals surface area contributed by atoms with Crippen molar-refractivity contribution in [2.24, 2.45) is 47.3 Å². The number of rotatable bonds is 10. The molecule has 2 saturated carbocycles. The van der Waals surface area contributed by atoms with Crippen LogP contribution in [-0.4, -0.2) is 125 Å². The second-order valence-electron chi connectivity index (χ2n) is 19.8. The molecule has 0 aromatic heterocycles. The van der Waals surface area contributed by atoms with Crippen LogP contribution in [0.2, 0.25) is 0 Å². The highest BCUT2D eigenvalue weighted by Gasteiger charge is 2.62. The van der Waals surface area contributed by atoms with Crippen molar-refractivity contribution in [1.82, 2.24) is 4.90 Å². The summed E-state index contributed by atoms with van der Waals surface area (Å²) in [6, 6.07) is 7.50. The summed E-state index contributed by atoms with van der Waals surface area (Å²) in [5.41, 5.74) is 2.53. The summed E-state index contributed by atoms with van der Waals surface area (Å²) >= 11 is 0. The average molecular weight is 887 g/mol. The van der Waals surface area contributed by atoms with Gasteiger partial charge in [-0.25, -0.2) is 4.85 Å². The summed E-state index contributed by atoms with van der Waals surface area (Å²) in [7, 11) is 9.05. The Kier molecular flexibility index (Phi) is 14.7. The van der Waals surface area contributed by atoms with E-state index in [0.717, 1.165) is 24.8 Å². The topological polar surface area (TPSA) is 133 Å². The van der Waals surface area contributed by atoms with Crippen LogP contribution in [-0.2, 0) is 52.3 Å². The van der Waals surface area contributed by atoms with Gasteiger partial charge >= 0.3 is 5.97 Å². The maximum absolute atomic E-state index is 15.3. The van der Waals surface area contributed by atoms with Gasteiger partial charge in [-0.3, -0.25) is 14.4 Å². The summed E-state index contributed by atoms with van der Waals surface area (Å²) in [4.78, 5) is 50.3. The fraction of sp³-hybridized carbons (Fsp3) is 0.725. The number of hydrogen-bond acceptors (Lipinski definition) is 12. The maximum Gasteiger partial charge on any atom is 0.306 e. The molecule has 350 valence electrons. The fourth-order valence-corrected chi connectivity index (χ4v) is 13.1. The average Bonchev–Trinajstić information content (AvgIpc) is 3.97. The van der Waals surface area contributed by atoms with E-state index in [1.54, 1.807) is 33.5 Å². The molecule has 0 spiro atoms. The van der Waals surface area contributed by atoms with Gasteiger partial charge in [-0.2, -0.15) is 0 Å². The monoisotopic (exact) mass is 886 g/mol. The number of ether oxygens (including phenoxy) is 8. The Labute approximate surface area is 379 Å². The van der Waals surface area contributed by atoms with Gasteiger partial charge in [0.2, 0.25) is 0 Å². The zero-order valence-electron chi connectivity index (χ0n) is 39.2. The predicted octanol–water partition coefficient (Wildman–Crippen LogP) is 7.38. The molecule has 5 unspecified atom stereocenters. The minimum atomic E-state index is -0.715. The highest BCUT2D eigenvalue weighted by atomic mass is 16.7. The van der Waals surface area contributed by atoms with Gasteiger partial charge in [0.15, 0.2) is 29.8 Å². The first-order valence-electron chi connectivity index (χ1n) is 23.9. The highest BCUT2D eigenvalue weighted by Crippen LogP contribution is 2.64. The Morgan fingerprint density at radius 2 is 1.50 bits per heavy atom. The number of benzene rings is 1. The molecule has 0 bridgehead atoms. The standard InChI is InChI=1S/C51H70N2O11/c1-11-31-13-12-14-41(64-43-20-19-40(53(6)7)27(3)60-43)26(2)46(55)39-24-36-34-21-32(63-51-50(59-10)49(58-9)48(57-8)28(4)61-51)22-35(34)37-23-33(29-15-17-30(52-5)18-16-29)47(56)45(37)44(36)38(39)25-42(54)62-31/h15-18,23-24,26-28,31-32,34-38,40-41,43-45,48-51H,11-14,19-22,25H2,1-4,6-10H3/t26-,27?,28?,31+,32+,34-,35-,36+,37?,38-,40+,41+,43+,44-,45?,48+,49?,50+,51+/m1/s1. The second-order valence-corrected chi connectivity index (χ2v) is 19.8. The minimum absolute atomic E-state index is 0.0217. The third-order valence-corrected chi connectivity index (χ3v) is 16.2. The quantitative estimate of drug-likeness (QED) is 0.172. The van der Waals surface area contributed by atoms with Crippen molar-refractivity contribution in [2.45, 2.75) is 153 Å². The number of Topliss-reactive ketones (excluding diaryl/α,β-unsaturated/α-hetero) is 2. The van der Waals surface area contributed by atoms with E-state index in [4.69, 9.17) is 44.5 Å². The normalized spacial score (nSPS) is 42.6. The third kappa shape index (κ3) is 8.95. The lowest BCUT2D eigenvalue weighted by atomic mass is 9.57. The molecule has 4 aliphatic carbocycles. The highest BCUT2D eigenvalue weighted by molar-refractivity contribution is 6.24. The molecule has 13 heteroatoms. The minimum Gasteiger partial charge on any atom is -0.462 e. The van der Waals surface area contributed by atoms with Crippen LogP contribution in [0.1, 0.15) is 91.0 Å². The van der Waals surface area contributed by atoms with Crippen LogP contribution in [0.3, 0.4) is 0 Å². The van der Waals surface area contributed by atoms with Crippen molar-refractivity contribution in [3.63, 3.8) is 0 Å². The number of ketones is 2. The van der Waals surface area contributed by atoms with Crippen LogP contribution in [0.5, 0.6) is 0 Å². The Balaban J connectivity index is 1.14. The molecule has 5 fully saturated rings. The summed E-state index contributed by atoms with van der Waals surface area (Å²) in [6.07, 6.45) is 6.39. The number of likely N-dealkylation sites (N-methyl/N-ethyl adjacent to an activating group) is 1. The zero-order valence-corrected chi connectivity index (χ0v) is 39.2. The third-order valence-electron chi connectivity index (χ3n) is 16.2. The van der Waals surface area contributed by atoms with E-state index in [1.165, 1.54) is 0 Å². The van der Waals surface area contributed by atoms with E-state index in [0.29, 0.717) is 48.9 Å². The first-order valence-corrected chi connectivity index (χ1v) is 23.9. The number of esters is 1. The van der Waals surface area contributed by atoms with Crippen LogP contribution in [0.4, 0.5) is 5.69 Å². The predicted molar refractivity (Wildman–Crippen MR) is 238 cm³/mol. The molecular formula is C51H70N2O11. The van der Waals surface area contributed by atoms with Crippen LogP contribution in [0.25, 0.3) is 10.4 Å². The zero-order chi connectivity index (χ0) is 45.6. The molecule has 0 N–H and O–H groups in total. The van der Waals surface area contributed by atoms with Crippen LogP contribution in [0.15, 0.2) is 42.0 Å². The molecule has 13 nitrogen and oxygen atoms in total. The molecule has 1 aromatic rings. The number of carbonyl (C=O) groups excluding carboxylic acids is 3. The molecule has 7 aliphatic rings. The number of hydrogen-bond donors (Lipinski definition) is 0. The van der Waals surface area contributed by atoms with Crippen molar-refractivity contribution < 1.29 is 52.3 Å². The smallest absolute Gasteiger partial charge is 0.306 e. The molecule has 8 rings (SSSR count). The Bertz CT molecular complexity index is 1960. The number of fused-ring (bicyclic) bond motifs is 8. The number of nitrogens with zero attached hydrogens (tertiary/aromatic N) is 2. The van der Waals surface area contributed by atoms with Crippen molar-refractivity contribution in [2.75, 3.05) is 35.4 Å². The molecule has 19 atom stereocenters. The van der Waals surface area contributed by atoms with E-state index < -0.39 is 48.6 Å². The summed E-state index contributed by atoms with van der Waals surface area (Å²) < 4.78 is 50.5. The van der Waals surface area contributed by atoms with Gasteiger partial charge in [0.25, 0.3) is 0 Å². The molecule has 3 aliphatic heterocycles. The molecule has 3 saturated heterocycles. The molecule has 1 aromatic carbocycles. The molecule has 64 heavy (non-hydrogen) atoms. The molecule has 0 amide bonds. The second kappa shape index (κ2) is 19.9. The Morgan fingerprint density at radius 3 is 2.14 bits per heavy atom. The first kappa shape index (κ1) is 47.2. The summed E-state index contributed by atoms with van der Waals surface area (Å²) in [5, 5.41) is 0. The lowest BCUT2D eigenvalue weighted by Crippen LogP contribution is -2.59. The SMILES string of the molecule is [C-]#[N+]c1ccc(C2=CC3C(C2=O)[C@@H]2[C@@H](C=C4C(=O)[C@H](C)[C@@H](O[C@H]5CC[C@H](N(C)C)C(C)O5)CCC[C@H](CC)OC(=O)C[C@H]42)[C@@H]2C[C@H](O[C@@H]4OC(C)[C@H](OC)C(OC)[C@@H]4OC)C[C@@H]32)cc1. The van der Waals surface area contributed by atoms with Gasteiger partial charge in [0.05, 0.1) is 37.4 Å². The van der Waals surface area contributed by atoms with Gasteiger partial charge < -0.3 is 42.8 Å². The summed E-state index contributed by atoms with van der Waals surface area (Å²) in [6.45, 7) is 15.6. The maximum atomic E-state index is 15.3. The van der Waals surface area contributed by atoms with Gasteiger partial charge in [0.1, 0.15) is 24.4 Å². The van der Waals surface area contributed by atoms with Gasteiger partial charge in [-0.1, -0.05) is 50.3 Å². The van der Waals surface area contributed by atoms with Gasteiger partial charge in [-0.15, -0.1) is 0 Å². The number of carbonyl (C=O) groups is 3. The number of methoxy groups -OCH3 is 3. The lowest BCUT2D eigenvalue weighted by molar-refractivity contribution is -0.314. The van der Waals surface area contributed by atoms with Crippen molar-refractivity contribution >= 4 is 28.8 Å². The molecule has 3 heterocycles. The van der Waals surface area contributed by atoms with Crippen LogP contribution in [0, 0.1) is 53.9 Å². The van der Waals surface area contributed by atoms with E-state index in [-0.39, 0.29) is 90.1 Å². The van der Waals surface area contributed by atoms with E-state index >= 15 is 9.59 Å². The summed E-state index contributed by atoms with van der Waals surface area (Å²) in [5.74, 6) is -2.30. The van der Waals surface area contributed by atoms with E-state index in [1.807, 2.05) is 32.9 Å². The van der Waals surface area contributed by atoms with Gasteiger partial charge in [0, 0.05) is 50.7 Å². The Hall–Kier alpha value is -3.32. The van der Waals surface area contributed by atoms with Crippen molar-refractivity contribution in [1.29, 1.82) is 0 Å². The molecule has 0 radical (unpaired) electrons. The van der Waals surface area contributed by atoms with Crippen molar-refractivity contribution in [3.05, 3.63) is 59.0 Å². The van der Waals surface area contributed by atoms with Gasteiger partial charge in [-0.05, 0) is 120 Å².